The maximum Gasteiger partial charge on any atom is 0.187 e. The summed E-state index contributed by atoms with van der Waals surface area (Å²) in [5, 5.41) is 1.93. The number of hydrogen-bond acceptors (Lipinski definition) is 4. The number of aromatic nitrogens is 3. The standard InChI is InChI=1S/C11H11N3S/c1-15-11-13-6-8-4-5-12-9(7-2-3-7)10(8)14-11/h4-7H,2-3H2,1H3. The fourth-order valence-electron chi connectivity index (χ4n) is 1.71. The predicted molar refractivity (Wildman–Crippen MR) is 61.1 cm³/mol. The minimum absolute atomic E-state index is 0.637. The second-order valence-corrected chi connectivity index (χ2v) is 4.54. The number of nitrogens with zero attached hydrogens (tertiary/aromatic N) is 3. The average Bonchev–Trinajstić information content (AvgIpc) is 3.11. The van der Waals surface area contributed by atoms with E-state index in [0.717, 1.165) is 21.8 Å². The van der Waals surface area contributed by atoms with Crippen molar-refractivity contribution in [3.05, 3.63) is 24.2 Å². The van der Waals surface area contributed by atoms with Gasteiger partial charge in [-0.2, -0.15) is 0 Å². The van der Waals surface area contributed by atoms with Gasteiger partial charge >= 0.3 is 0 Å². The summed E-state index contributed by atoms with van der Waals surface area (Å²) in [6.45, 7) is 0. The van der Waals surface area contributed by atoms with Gasteiger partial charge in [-0.3, -0.25) is 4.98 Å². The lowest BCUT2D eigenvalue weighted by Crippen LogP contribution is -1.94. The first kappa shape index (κ1) is 9.09. The van der Waals surface area contributed by atoms with E-state index >= 15 is 0 Å². The molecule has 4 heteroatoms. The number of rotatable bonds is 2. The molecule has 15 heavy (non-hydrogen) atoms. The van der Waals surface area contributed by atoms with Crippen molar-refractivity contribution < 1.29 is 0 Å². The highest BCUT2D eigenvalue weighted by atomic mass is 32.2. The number of thioether (sulfide) groups is 1. The molecule has 76 valence electrons. The van der Waals surface area contributed by atoms with E-state index in [0.29, 0.717) is 5.92 Å². The minimum atomic E-state index is 0.637. The highest BCUT2D eigenvalue weighted by Gasteiger charge is 2.27. The van der Waals surface area contributed by atoms with E-state index in [1.165, 1.54) is 12.8 Å². The van der Waals surface area contributed by atoms with Gasteiger partial charge in [-0.25, -0.2) is 9.97 Å². The van der Waals surface area contributed by atoms with Crippen LogP contribution in [0.5, 0.6) is 0 Å². The summed E-state index contributed by atoms with van der Waals surface area (Å²) in [7, 11) is 0. The lowest BCUT2D eigenvalue weighted by molar-refractivity contribution is 0.969. The van der Waals surface area contributed by atoms with Crippen molar-refractivity contribution in [2.75, 3.05) is 6.26 Å². The molecular formula is C11H11N3S. The Bertz CT molecular complexity index is 508. The van der Waals surface area contributed by atoms with Crippen molar-refractivity contribution in [3.8, 4) is 0 Å². The van der Waals surface area contributed by atoms with E-state index in [1.807, 2.05) is 24.7 Å². The lowest BCUT2D eigenvalue weighted by atomic mass is 10.2. The second kappa shape index (κ2) is 3.45. The maximum atomic E-state index is 4.54. The van der Waals surface area contributed by atoms with E-state index in [9.17, 15) is 0 Å². The highest BCUT2D eigenvalue weighted by Crippen LogP contribution is 2.41. The Kier molecular flexibility index (Phi) is 2.09. The van der Waals surface area contributed by atoms with Crippen LogP contribution in [0.25, 0.3) is 10.9 Å². The summed E-state index contributed by atoms with van der Waals surface area (Å²) in [6, 6.07) is 1.98. The minimum Gasteiger partial charge on any atom is -0.259 e. The molecule has 0 atom stereocenters. The van der Waals surface area contributed by atoms with Crippen LogP contribution in [0.3, 0.4) is 0 Å². The van der Waals surface area contributed by atoms with Crippen molar-refractivity contribution in [1.82, 2.24) is 15.0 Å². The van der Waals surface area contributed by atoms with Gasteiger partial charge in [-0.05, 0) is 25.2 Å². The van der Waals surface area contributed by atoms with Crippen LogP contribution < -0.4 is 0 Å². The zero-order chi connectivity index (χ0) is 10.3. The second-order valence-electron chi connectivity index (χ2n) is 3.77. The highest BCUT2D eigenvalue weighted by molar-refractivity contribution is 7.98. The van der Waals surface area contributed by atoms with Gasteiger partial charge in [0.25, 0.3) is 0 Å². The molecule has 2 aromatic heterocycles. The molecule has 0 bridgehead atoms. The predicted octanol–water partition coefficient (Wildman–Crippen LogP) is 2.62. The molecule has 1 aliphatic carbocycles. The molecule has 0 saturated heterocycles. The molecule has 3 nitrogen and oxygen atoms in total. The Morgan fingerprint density at radius 2 is 2.20 bits per heavy atom. The van der Waals surface area contributed by atoms with Crippen LogP contribution in [0, 0.1) is 0 Å². The van der Waals surface area contributed by atoms with Crippen LogP contribution in [0.15, 0.2) is 23.6 Å². The molecule has 2 aromatic rings. The first-order valence-electron chi connectivity index (χ1n) is 5.04. The van der Waals surface area contributed by atoms with E-state index < -0.39 is 0 Å². The summed E-state index contributed by atoms with van der Waals surface area (Å²) in [4.78, 5) is 13.3. The Labute approximate surface area is 92.3 Å². The smallest absolute Gasteiger partial charge is 0.187 e. The van der Waals surface area contributed by atoms with Gasteiger partial charge in [-0.15, -0.1) is 0 Å². The zero-order valence-corrected chi connectivity index (χ0v) is 9.29. The van der Waals surface area contributed by atoms with Gasteiger partial charge in [0.1, 0.15) is 0 Å². The van der Waals surface area contributed by atoms with E-state index in [4.69, 9.17) is 0 Å². The van der Waals surface area contributed by atoms with E-state index in [2.05, 4.69) is 15.0 Å². The molecule has 0 unspecified atom stereocenters. The molecule has 0 radical (unpaired) electrons. The van der Waals surface area contributed by atoms with Gasteiger partial charge < -0.3 is 0 Å². The third-order valence-corrected chi connectivity index (χ3v) is 3.21. The molecule has 3 rings (SSSR count). The summed E-state index contributed by atoms with van der Waals surface area (Å²) in [6.07, 6.45) is 8.25. The van der Waals surface area contributed by atoms with Crippen LogP contribution in [-0.4, -0.2) is 21.2 Å². The molecule has 0 amide bonds. The van der Waals surface area contributed by atoms with Gasteiger partial charge in [0.05, 0.1) is 11.2 Å². The summed E-state index contributed by atoms with van der Waals surface area (Å²) < 4.78 is 0. The molecule has 1 saturated carbocycles. The summed E-state index contributed by atoms with van der Waals surface area (Å²) >= 11 is 1.57. The topological polar surface area (TPSA) is 38.7 Å². The Morgan fingerprint density at radius 3 is 2.93 bits per heavy atom. The first-order valence-corrected chi connectivity index (χ1v) is 6.26. The fourth-order valence-corrected chi connectivity index (χ4v) is 2.06. The zero-order valence-electron chi connectivity index (χ0n) is 8.47. The number of pyridine rings is 1. The average molecular weight is 217 g/mol. The van der Waals surface area contributed by atoms with Crippen molar-refractivity contribution in [2.45, 2.75) is 23.9 Å². The van der Waals surface area contributed by atoms with Crippen LogP contribution in [0.2, 0.25) is 0 Å². The molecule has 0 aromatic carbocycles. The van der Waals surface area contributed by atoms with Gasteiger partial charge in [0.15, 0.2) is 5.16 Å². The normalized spacial score (nSPS) is 15.8. The molecular weight excluding hydrogens is 206 g/mol. The Morgan fingerprint density at radius 1 is 1.33 bits per heavy atom. The van der Waals surface area contributed by atoms with E-state index in [-0.39, 0.29) is 0 Å². The third kappa shape index (κ3) is 1.59. The molecule has 0 N–H and O–H groups in total. The van der Waals surface area contributed by atoms with Crippen LogP contribution in [0.4, 0.5) is 0 Å². The van der Waals surface area contributed by atoms with Crippen LogP contribution >= 0.6 is 11.8 Å². The van der Waals surface area contributed by atoms with Gasteiger partial charge in [0, 0.05) is 23.7 Å². The largest absolute Gasteiger partial charge is 0.259 e. The molecule has 1 aliphatic rings. The first-order chi connectivity index (χ1) is 7.38. The molecule has 0 spiro atoms. The van der Waals surface area contributed by atoms with Crippen LogP contribution in [0.1, 0.15) is 24.5 Å². The number of fused-ring (bicyclic) bond motifs is 1. The van der Waals surface area contributed by atoms with Crippen molar-refractivity contribution in [2.24, 2.45) is 0 Å². The van der Waals surface area contributed by atoms with Crippen LogP contribution in [-0.2, 0) is 0 Å². The van der Waals surface area contributed by atoms with Crippen molar-refractivity contribution in [3.63, 3.8) is 0 Å². The summed E-state index contributed by atoms with van der Waals surface area (Å²) in [5.74, 6) is 0.637. The quantitative estimate of drug-likeness (QED) is 0.572. The van der Waals surface area contributed by atoms with E-state index in [1.54, 1.807) is 11.8 Å². The lowest BCUT2D eigenvalue weighted by Gasteiger charge is -2.03. The number of hydrogen-bond donors (Lipinski definition) is 0. The van der Waals surface area contributed by atoms with Gasteiger partial charge in [-0.1, -0.05) is 11.8 Å². The molecule has 2 heterocycles. The SMILES string of the molecule is CSc1ncc2ccnc(C3CC3)c2n1. The monoisotopic (exact) mass is 217 g/mol. The molecule has 0 aliphatic heterocycles. The Hall–Kier alpha value is -1.16. The Balaban J connectivity index is 2.25. The maximum absolute atomic E-state index is 4.54. The van der Waals surface area contributed by atoms with Crippen molar-refractivity contribution >= 4 is 22.7 Å². The molecule has 1 fully saturated rings. The third-order valence-electron chi connectivity index (χ3n) is 2.65. The van der Waals surface area contributed by atoms with Crippen molar-refractivity contribution in [1.29, 1.82) is 0 Å². The fraction of sp³-hybridized carbons (Fsp3) is 0.364. The van der Waals surface area contributed by atoms with Gasteiger partial charge in [0.2, 0.25) is 0 Å². The summed E-state index contributed by atoms with van der Waals surface area (Å²) in [5.41, 5.74) is 2.20.